The number of imidazole rings is 1. The first kappa shape index (κ1) is 15.9. The number of benzene rings is 1. The van der Waals surface area contributed by atoms with Crippen molar-refractivity contribution in [1.29, 1.82) is 0 Å². The molecule has 1 amide bonds. The average molecular weight is 402 g/mol. The Bertz CT molecular complexity index is 904. The van der Waals surface area contributed by atoms with Crippen molar-refractivity contribution in [2.45, 2.75) is 26.1 Å². The number of hydrogen-bond donors (Lipinski definition) is 0. The molecular formula is C16H16BrN7O. The molecule has 3 aromatic rings. The van der Waals surface area contributed by atoms with Crippen molar-refractivity contribution in [2.24, 2.45) is 0 Å². The van der Waals surface area contributed by atoms with E-state index in [1.54, 1.807) is 18.0 Å². The lowest BCUT2D eigenvalue weighted by Crippen LogP contribution is -2.42. The van der Waals surface area contributed by atoms with E-state index in [1.807, 2.05) is 30.3 Å². The summed E-state index contributed by atoms with van der Waals surface area (Å²) in [6.45, 7) is 3.62. The summed E-state index contributed by atoms with van der Waals surface area (Å²) in [4.78, 5) is 20.3. The highest BCUT2D eigenvalue weighted by molar-refractivity contribution is 9.10. The number of rotatable bonds is 3. The third-order valence-corrected chi connectivity index (χ3v) is 4.92. The molecule has 0 fully saturated rings. The molecule has 0 radical (unpaired) electrons. The molecule has 1 aliphatic rings. The lowest BCUT2D eigenvalue weighted by Gasteiger charge is -2.29. The molecule has 2 aromatic heterocycles. The molecule has 0 spiro atoms. The molecule has 1 aromatic carbocycles. The Hall–Kier alpha value is -2.55. The van der Waals surface area contributed by atoms with Gasteiger partial charge in [-0.1, -0.05) is 30.3 Å². The van der Waals surface area contributed by atoms with Crippen molar-refractivity contribution < 1.29 is 4.79 Å². The molecule has 0 saturated carbocycles. The quantitative estimate of drug-likeness (QED) is 0.669. The van der Waals surface area contributed by atoms with Crippen LogP contribution in [0.25, 0.3) is 11.4 Å². The van der Waals surface area contributed by atoms with Gasteiger partial charge in [-0.15, -0.1) is 10.2 Å². The Labute approximate surface area is 152 Å². The van der Waals surface area contributed by atoms with E-state index >= 15 is 0 Å². The Kier molecular flexibility index (Phi) is 4.08. The smallest absolute Gasteiger partial charge is 0.249 e. The minimum Gasteiger partial charge on any atom is -0.332 e. The van der Waals surface area contributed by atoms with Crippen molar-refractivity contribution in [3.8, 4) is 11.4 Å². The molecule has 0 aliphatic carbocycles. The highest BCUT2D eigenvalue weighted by Gasteiger charge is 2.28. The lowest BCUT2D eigenvalue weighted by atomic mass is 10.2. The molecule has 9 heteroatoms. The number of carbonyl (C=O) groups is 1. The minimum absolute atomic E-state index is 0.0395. The van der Waals surface area contributed by atoms with Gasteiger partial charge < -0.3 is 9.47 Å². The molecule has 1 aliphatic heterocycles. The van der Waals surface area contributed by atoms with Crippen LogP contribution in [-0.2, 0) is 17.9 Å². The maximum Gasteiger partial charge on any atom is 0.249 e. The molecule has 128 valence electrons. The first-order valence-corrected chi connectivity index (χ1v) is 8.76. The highest BCUT2D eigenvalue weighted by Crippen LogP contribution is 2.21. The SMILES string of the molecule is C[C@H](C(=O)N1CCn2c(Br)cnc2C1)n1nnc(-c2ccccc2)n1. The Balaban J connectivity index is 1.51. The third-order valence-electron chi connectivity index (χ3n) is 4.29. The predicted octanol–water partition coefficient (Wildman–Crippen LogP) is 1.90. The number of hydrogen-bond acceptors (Lipinski definition) is 5. The van der Waals surface area contributed by atoms with Crippen LogP contribution in [0.5, 0.6) is 0 Å². The number of fused-ring (bicyclic) bond motifs is 1. The third kappa shape index (κ3) is 2.95. The fourth-order valence-electron chi connectivity index (χ4n) is 2.87. The fourth-order valence-corrected chi connectivity index (χ4v) is 3.35. The second-order valence-corrected chi connectivity index (χ2v) is 6.70. The fraction of sp³-hybridized carbons (Fsp3) is 0.312. The largest absolute Gasteiger partial charge is 0.332 e. The van der Waals surface area contributed by atoms with Gasteiger partial charge in [-0.3, -0.25) is 4.79 Å². The first-order chi connectivity index (χ1) is 12.1. The van der Waals surface area contributed by atoms with E-state index in [0.29, 0.717) is 25.5 Å². The van der Waals surface area contributed by atoms with E-state index in [1.165, 1.54) is 4.80 Å². The van der Waals surface area contributed by atoms with E-state index in [2.05, 4.69) is 40.9 Å². The lowest BCUT2D eigenvalue weighted by molar-refractivity contribution is -0.136. The van der Waals surface area contributed by atoms with E-state index in [4.69, 9.17) is 0 Å². The molecule has 0 N–H and O–H groups in total. The number of aromatic nitrogens is 6. The molecule has 25 heavy (non-hydrogen) atoms. The van der Waals surface area contributed by atoms with Gasteiger partial charge in [0.1, 0.15) is 16.5 Å². The standard InChI is InChI=1S/C16H16BrN7O/c1-11(24-20-15(19-21-24)12-5-3-2-4-6-12)16(25)22-7-8-23-13(17)9-18-14(23)10-22/h2-6,9,11H,7-8,10H2,1H3/t11-/m1/s1. The molecule has 3 heterocycles. The van der Waals surface area contributed by atoms with Crippen LogP contribution < -0.4 is 0 Å². The zero-order valence-corrected chi connectivity index (χ0v) is 15.2. The monoisotopic (exact) mass is 401 g/mol. The Morgan fingerprint density at radius 3 is 2.84 bits per heavy atom. The van der Waals surface area contributed by atoms with Crippen LogP contribution in [0.2, 0.25) is 0 Å². The summed E-state index contributed by atoms with van der Waals surface area (Å²) in [6.07, 6.45) is 1.76. The topological polar surface area (TPSA) is 81.7 Å². The van der Waals surface area contributed by atoms with Crippen molar-refractivity contribution >= 4 is 21.8 Å². The van der Waals surface area contributed by atoms with Crippen molar-refractivity contribution in [2.75, 3.05) is 6.54 Å². The number of nitrogens with zero attached hydrogens (tertiary/aromatic N) is 7. The predicted molar refractivity (Wildman–Crippen MR) is 93.3 cm³/mol. The van der Waals surface area contributed by atoms with Gasteiger partial charge >= 0.3 is 0 Å². The van der Waals surface area contributed by atoms with Gasteiger partial charge in [-0.25, -0.2) is 4.98 Å². The van der Waals surface area contributed by atoms with Crippen molar-refractivity contribution in [3.63, 3.8) is 0 Å². The van der Waals surface area contributed by atoms with Gasteiger partial charge in [0.15, 0.2) is 0 Å². The second kappa shape index (κ2) is 6.40. The molecule has 1 atom stereocenters. The van der Waals surface area contributed by atoms with Crippen LogP contribution in [0.4, 0.5) is 0 Å². The summed E-state index contributed by atoms with van der Waals surface area (Å²) in [7, 11) is 0. The molecule has 0 saturated heterocycles. The van der Waals surface area contributed by atoms with Crippen LogP contribution in [-0.4, -0.2) is 47.1 Å². The number of tetrazole rings is 1. The van der Waals surface area contributed by atoms with Crippen molar-refractivity contribution in [1.82, 2.24) is 34.7 Å². The number of halogens is 1. The van der Waals surface area contributed by atoms with Gasteiger partial charge in [0.2, 0.25) is 11.7 Å². The van der Waals surface area contributed by atoms with E-state index in [0.717, 1.165) is 16.0 Å². The summed E-state index contributed by atoms with van der Waals surface area (Å²) in [5, 5.41) is 12.5. The van der Waals surface area contributed by atoms with Gasteiger partial charge in [0.05, 0.1) is 12.7 Å². The molecule has 4 rings (SSSR count). The van der Waals surface area contributed by atoms with Gasteiger partial charge in [-0.05, 0) is 28.1 Å². The van der Waals surface area contributed by atoms with Crippen LogP contribution in [0.15, 0.2) is 41.1 Å². The van der Waals surface area contributed by atoms with Crippen molar-refractivity contribution in [3.05, 3.63) is 47.0 Å². The second-order valence-electron chi connectivity index (χ2n) is 5.88. The summed E-state index contributed by atoms with van der Waals surface area (Å²) in [5.74, 6) is 1.34. The van der Waals surface area contributed by atoms with E-state index in [9.17, 15) is 4.79 Å². The van der Waals surface area contributed by atoms with Crippen LogP contribution >= 0.6 is 15.9 Å². The minimum atomic E-state index is -0.519. The zero-order valence-electron chi connectivity index (χ0n) is 13.6. The van der Waals surface area contributed by atoms with E-state index < -0.39 is 6.04 Å². The first-order valence-electron chi connectivity index (χ1n) is 7.97. The van der Waals surface area contributed by atoms with E-state index in [-0.39, 0.29) is 5.91 Å². The summed E-state index contributed by atoms with van der Waals surface area (Å²) >= 11 is 3.46. The molecular weight excluding hydrogens is 386 g/mol. The Morgan fingerprint density at radius 1 is 1.24 bits per heavy atom. The summed E-state index contributed by atoms with van der Waals surface area (Å²) < 4.78 is 3.00. The van der Waals surface area contributed by atoms with Gasteiger partial charge in [0.25, 0.3) is 0 Å². The zero-order chi connectivity index (χ0) is 17.4. The molecule has 8 nitrogen and oxygen atoms in total. The highest BCUT2D eigenvalue weighted by atomic mass is 79.9. The summed E-state index contributed by atoms with van der Waals surface area (Å²) in [5.41, 5.74) is 0.873. The van der Waals surface area contributed by atoms with Crippen LogP contribution in [0.1, 0.15) is 18.8 Å². The summed E-state index contributed by atoms with van der Waals surface area (Å²) in [6, 6.07) is 9.07. The maximum atomic E-state index is 12.8. The molecule has 0 bridgehead atoms. The normalized spacial score (nSPS) is 15.0. The van der Waals surface area contributed by atoms with Crippen LogP contribution in [0, 0.1) is 0 Å². The number of amides is 1. The van der Waals surface area contributed by atoms with Gasteiger partial charge in [0, 0.05) is 18.7 Å². The molecule has 0 unspecified atom stereocenters. The average Bonchev–Trinajstić information content (AvgIpc) is 3.28. The number of carbonyl (C=O) groups excluding carboxylic acids is 1. The maximum absolute atomic E-state index is 12.8. The van der Waals surface area contributed by atoms with Gasteiger partial charge in [-0.2, -0.15) is 4.80 Å². The van der Waals surface area contributed by atoms with Crippen LogP contribution in [0.3, 0.4) is 0 Å². The Morgan fingerprint density at radius 2 is 2.04 bits per heavy atom.